The van der Waals surface area contributed by atoms with Gasteiger partial charge < -0.3 is 10.1 Å². The molecular formula is C24H19Cl2N3O4. The molecule has 2 heterocycles. The first kappa shape index (κ1) is 22.8. The summed E-state index contributed by atoms with van der Waals surface area (Å²) in [5.74, 6) is -1.06. The van der Waals surface area contributed by atoms with E-state index in [2.05, 4.69) is 15.0 Å². The SMILES string of the molecule is COC(=O)c1ccc(CNC(=O)CC2c3cccnc3C(=O)N2c2c(Cl)cccc2Cl)cc1. The Balaban J connectivity index is 1.54. The van der Waals surface area contributed by atoms with Crippen LogP contribution in [0.3, 0.4) is 0 Å². The van der Waals surface area contributed by atoms with E-state index in [9.17, 15) is 14.4 Å². The number of methoxy groups -OCH3 is 1. The molecule has 7 nitrogen and oxygen atoms in total. The van der Waals surface area contributed by atoms with Gasteiger partial charge in [0.2, 0.25) is 5.91 Å². The van der Waals surface area contributed by atoms with Crippen molar-refractivity contribution in [1.82, 2.24) is 10.3 Å². The van der Waals surface area contributed by atoms with Crippen LogP contribution < -0.4 is 10.2 Å². The van der Waals surface area contributed by atoms with E-state index in [4.69, 9.17) is 23.2 Å². The molecule has 3 aromatic rings. The van der Waals surface area contributed by atoms with E-state index in [0.29, 0.717) is 26.9 Å². The molecule has 9 heteroatoms. The monoisotopic (exact) mass is 483 g/mol. The van der Waals surface area contributed by atoms with Crippen LogP contribution in [0.5, 0.6) is 0 Å². The Labute approximate surface area is 200 Å². The molecule has 0 bridgehead atoms. The van der Waals surface area contributed by atoms with Gasteiger partial charge in [-0.2, -0.15) is 0 Å². The molecule has 0 fully saturated rings. The molecule has 4 rings (SSSR count). The molecule has 0 radical (unpaired) electrons. The molecule has 0 spiro atoms. The maximum absolute atomic E-state index is 13.2. The Kier molecular flexibility index (Phi) is 6.62. The van der Waals surface area contributed by atoms with Crippen LogP contribution in [0.15, 0.2) is 60.8 Å². The number of rotatable bonds is 6. The smallest absolute Gasteiger partial charge is 0.337 e. The van der Waals surface area contributed by atoms with Gasteiger partial charge in [0, 0.05) is 18.3 Å². The Bertz CT molecular complexity index is 1210. The minimum Gasteiger partial charge on any atom is -0.465 e. The number of ether oxygens (including phenoxy) is 1. The van der Waals surface area contributed by atoms with Gasteiger partial charge in [0.25, 0.3) is 5.91 Å². The third kappa shape index (κ3) is 4.55. The van der Waals surface area contributed by atoms with Crippen LogP contribution in [-0.4, -0.2) is 29.9 Å². The Morgan fingerprint density at radius 1 is 1.06 bits per heavy atom. The number of amides is 2. The predicted molar refractivity (Wildman–Crippen MR) is 124 cm³/mol. The number of aromatic nitrogens is 1. The number of carbonyl (C=O) groups excluding carboxylic acids is 3. The quantitative estimate of drug-likeness (QED) is 0.518. The lowest BCUT2D eigenvalue weighted by Crippen LogP contribution is -2.33. The summed E-state index contributed by atoms with van der Waals surface area (Å²) in [6, 6.07) is 14.6. The number of hydrogen-bond donors (Lipinski definition) is 1. The third-order valence-corrected chi connectivity index (χ3v) is 5.96. The number of pyridine rings is 1. The van der Waals surface area contributed by atoms with Crippen LogP contribution in [0.1, 0.15) is 44.4 Å². The molecule has 1 aliphatic heterocycles. The number of anilines is 1. The van der Waals surface area contributed by atoms with Crippen molar-refractivity contribution in [3.8, 4) is 0 Å². The van der Waals surface area contributed by atoms with Crippen molar-refractivity contribution in [1.29, 1.82) is 0 Å². The van der Waals surface area contributed by atoms with Crippen molar-refractivity contribution < 1.29 is 19.1 Å². The summed E-state index contributed by atoms with van der Waals surface area (Å²) < 4.78 is 4.68. The summed E-state index contributed by atoms with van der Waals surface area (Å²) >= 11 is 12.7. The van der Waals surface area contributed by atoms with E-state index in [1.54, 1.807) is 54.6 Å². The lowest BCUT2D eigenvalue weighted by Gasteiger charge is -2.26. The average Bonchev–Trinajstić information content (AvgIpc) is 3.09. The zero-order chi connectivity index (χ0) is 23.5. The first-order valence-corrected chi connectivity index (χ1v) is 10.8. The molecule has 2 aromatic carbocycles. The largest absolute Gasteiger partial charge is 0.465 e. The van der Waals surface area contributed by atoms with Gasteiger partial charge >= 0.3 is 5.97 Å². The normalized spacial score (nSPS) is 14.7. The van der Waals surface area contributed by atoms with Gasteiger partial charge in [-0.3, -0.25) is 19.5 Å². The molecule has 1 N–H and O–H groups in total. The standard InChI is InChI=1S/C24H19Cl2N3O4/c1-33-24(32)15-9-7-14(8-10-15)13-28-20(30)12-19-16-4-3-11-27-21(16)23(31)29(19)22-17(25)5-2-6-18(22)26/h2-11,19H,12-13H2,1H3,(H,28,30). The van der Waals surface area contributed by atoms with E-state index < -0.39 is 12.0 Å². The molecule has 0 aliphatic carbocycles. The summed E-state index contributed by atoms with van der Waals surface area (Å²) in [6.07, 6.45) is 1.52. The zero-order valence-electron chi connectivity index (χ0n) is 17.5. The van der Waals surface area contributed by atoms with Gasteiger partial charge in [-0.25, -0.2) is 4.79 Å². The number of carbonyl (C=O) groups is 3. The fraction of sp³-hybridized carbons (Fsp3) is 0.167. The molecule has 1 aliphatic rings. The maximum atomic E-state index is 13.2. The number of para-hydroxylation sites is 1. The first-order valence-electron chi connectivity index (χ1n) is 10.1. The van der Waals surface area contributed by atoms with Crippen molar-refractivity contribution in [2.45, 2.75) is 19.0 Å². The van der Waals surface area contributed by atoms with E-state index >= 15 is 0 Å². The van der Waals surface area contributed by atoms with Crippen molar-refractivity contribution in [3.05, 3.63) is 93.2 Å². The van der Waals surface area contributed by atoms with Crippen LogP contribution in [-0.2, 0) is 16.1 Å². The van der Waals surface area contributed by atoms with Crippen molar-refractivity contribution >= 4 is 46.7 Å². The molecule has 1 aromatic heterocycles. The summed E-state index contributed by atoms with van der Waals surface area (Å²) in [6.45, 7) is 0.258. The van der Waals surface area contributed by atoms with Crippen LogP contribution in [0.2, 0.25) is 10.0 Å². The first-order chi connectivity index (χ1) is 15.9. The second-order valence-electron chi connectivity index (χ2n) is 7.37. The molecular weight excluding hydrogens is 465 g/mol. The highest BCUT2D eigenvalue weighted by Gasteiger charge is 2.41. The predicted octanol–water partition coefficient (Wildman–Crippen LogP) is 4.58. The average molecular weight is 484 g/mol. The van der Waals surface area contributed by atoms with Gasteiger partial charge in [-0.05, 0) is 35.9 Å². The van der Waals surface area contributed by atoms with Gasteiger partial charge in [-0.1, -0.05) is 47.5 Å². The van der Waals surface area contributed by atoms with Gasteiger partial charge in [0.15, 0.2) is 0 Å². The Morgan fingerprint density at radius 3 is 2.42 bits per heavy atom. The highest BCUT2D eigenvalue weighted by molar-refractivity contribution is 6.40. The maximum Gasteiger partial charge on any atom is 0.337 e. The number of nitrogens with one attached hydrogen (secondary N) is 1. The zero-order valence-corrected chi connectivity index (χ0v) is 19.1. The molecule has 168 valence electrons. The Morgan fingerprint density at radius 2 is 1.76 bits per heavy atom. The van der Waals surface area contributed by atoms with Crippen LogP contribution in [0.4, 0.5) is 5.69 Å². The number of fused-ring (bicyclic) bond motifs is 1. The van der Waals surface area contributed by atoms with Crippen molar-refractivity contribution in [2.75, 3.05) is 12.0 Å². The number of hydrogen-bond acceptors (Lipinski definition) is 5. The van der Waals surface area contributed by atoms with E-state index in [-0.39, 0.29) is 30.5 Å². The van der Waals surface area contributed by atoms with E-state index in [1.807, 2.05) is 0 Å². The number of halogens is 2. The van der Waals surface area contributed by atoms with E-state index in [1.165, 1.54) is 18.2 Å². The summed E-state index contributed by atoms with van der Waals surface area (Å²) in [5, 5.41) is 3.47. The molecule has 1 atom stereocenters. The minimum absolute atomic E-state index is 0.00771. The molecule has 0 saturated heterocycles. The molecule has 0 saturated carbocycles. The van der Waals surface area contributed by atoms with Crippen LogP contribution >= 0.6 is 23.2 Å². The van der Waals surface area contributed by atoms with Crippen molar-refractivity contribution in [3.63, 3.8) is 0 Å². The molecule has 2 amide bonds. The van der Waals surface area contributed by atoms with Crippen molar-refractivity contribution in [2.24, 2.45) is 0 Å². The summed E-state index contributed by atoms with van der Waals surface area (Å²) in [4.78, 5) is 43.2. The third-order valence-electron chi connectivity index (χ3n) is 5.35. The van der Waals surface area contributed by atoms with Gasteiger partial charge in [0.05, 0.1) is 40.9 Å². The minimum atomic E-state index is -0.611. The second kappa shape index (κ2) is 9.60. The highest BCUT2D eigenvalue weighted by atomic mass is 35.5. The topological polar surface area (TPSA) is 88.6 Å². The lowest BCUT2D eigenvalue weighted by atomic mass is 10.0. The number of esters is 1. The summed E-state index contributed by atoms with van der Waals surface area (Å²) in [5.41, 5.74) is 2.49. The van der Waals surface area contributed by atoms with E-state index in [0.717, 1.165) is 5.56 Å². The van der Waals surface area contributed by atoms with Gasteiger partial charge in [-0.15, -0.1) is 0 Å². The van der Waals surface area contributed by atoms with Crippen LogP contribution in [0.25, 0.3) is 0 Å². The number of nitrogens with zero attached hydrogens (tertiary/aromatic N) is 2. The molecule has 33 heavy (non-hydrogen) atoms. The fourth-order valence-corrected chi connectivity index (χ4v) is 4.34. The lowest BCUT2D eigenvalue weighted by molar-refractivity contribution is -0.121. The summed E-state index contributed by atoms with van der Waals surface area (Å²) in [7, 11) is 1.32. The Hall–Kier alpha value is -3.42. The fourth-order valence-electron chi connectivity index (χ4n) is 3.76. The number of benzene rings is 2. The molecule has 1 unspecified atom stereocenters. The van der Waals surface area contributed by atoms with Crippen LogP contribution in [0, 0.1) is 0 Å². The highest BCUT2D eigenvalue weighted by Crippen LogP contribution is 2.44. The second-order valence-corrected chi connectivity index (χ2v) is 8.19. The van der Waals surface area contributed by atoms with Gasteiger partial charge in [0.1, 0.15) is 5.69 Å².